The minimum atomic E-state index is 0.478. The van der Waals surface area contributed by atoms with E-state index in [0.717, 1.165) is 12.2 Å². The van der Waals surface area contributed by atoms with Gasteiger partial charge in [0.1, 0.15) is 0 Å². The van der Waals surface area contributed by atoms with Gasteiger partial charge >= 0.3 is 0 Å². The molecule has 0 amide bonds. The molecule has 2 N–H and O–H groups in total. The summed E-state index contributed by atoms with van der Waals surface area (Å²) in [6.07, 6.45) is 4.11. The van der Waals surface area contributed by atoms with E-state index in [2.05, 4.69) is 18.8 Å². The average molecular weight is 208 g/mol. The van der Waals surface area contributed by atoms with Crippen LogP contribution in [0.1, 0.15) is 32.3 Å². The van der Waals surface area contributed by atoms with E-state index in [0.29, 0.717) is 18.3 Å². The molecule has 0 aliphatic rings. The first-order valence-corrected chi connectivity index (χ1v) is 5.54. The molecule has 84 valence electrons. The van der Waals surface area contributed by atoms with E-state index in [4.69, 9.17) is 10.5 Å². The summed E-state index contributed by atoms with van der Waals surface area (Å²) >= 11 is 0. The van der Waals surface area contributed by atoms with Gasteiger partial charge in [-0.15, -0.1) is 0 Å². The SMILES string of the molecule is CCCC(C)COc1ncccc1CN. The lowest BCUT2D eigenvalue weighted by molar-refractivity contribution is 0.241. The van der Waals surface area contributed by atoms with Gasteiger partial charge in [0.05, 0.1) is 6.61 Å². The first kappa shape index (κ1) is 12.0. The predicted molar refractivity (Wildman–Crippen MR) is 61.7 cm³/mol. The number of nitrogens with two attached hydrogens (primary N) is 1. The van der Waals surface area contributed by atoms with Gasteiger partial charge in [-0.05, 0) is 18.4 Å². The Balaban J connectivity index is 2.49. The summed E-state index contributed by atoms with van der Waals surface area (Å²) in [5.74, 6) is 1.26. The summed E-state index contributed by atoms with van der Waals surface area (Å²) < 4.78 is 5.65. The average Bonchev–Trinajstić information content (AvgIpc) is 2.27. The summed E-state index contributed by atoms with van der Waals surface area (Å²) in [6.45, 7) is 5.57. The molecule has 1 aromatic rings. The Hall–Kier alpha value is -1.09. The van der Waals surface area contributed by atoms with Crippen LogP contribution in [0.15, 0.2) is 18.3 Å². The number of ether oxygens (including phenoxy) is 1. The molecule has 0 aromatic carbocycles. The van der Waals surface area contributed by atoms with Crippen molar-refractivity contribution >= 4 is 0 Å². The van der Waals surface area contributed by atoms with Gasteiger partial charge in [-0.3, -0.25) is 0 Å². The van der Waals surface area contributed by atoms with Crippen molar-refractivity contribution in [2.75, 3.05) is 6.61 Å². The molecule has 0 saturated carbocycles. The molecule has 0 aliphatic heterocycles. The van der Waals surface area contributed by atoms with Crippen LogP contribution in [0, 0.1) is 5.92 Å². The third-order valence-electron chi connectivity index (χ3n) is 2.36. The van der Waals surface area contributed by atoms with Crippen molar-refractivity contribution < 1.29 is 4.74 Å². The van der Waals surface area contributed by atoms with E-state index in [9.17, 15) is 0 Å². The molecule has 1 aromatic heterocycles. The van der Waals surface area contributed by atoms with Gasteiger partial charge in [0.15, 0.2) is 0 Å². The van der Waals surface area contributed by atoms with Gasteiger partial charge in [-0.25, -0.2) is 4.98 Å². The first-order valence-electron chi connectivity index (χ1n) is 5.54. The topological polar surface area (TPSA) is 48.1 Å². The number of nitrogens with zero attached hydrogens (tertiary/aromatic N) is 1. The van der Waals surface area contributed by atoms with Crippen molar-refractivity contribution in [3.8, 4) is 5.88 Å². The van der Waals surface area contributed by atoms with Crippen molar-refractivity contribution in [1.29, 1.82) is 0 Å². The number of pyridine rings is 1. The Bertz CT molecular complexity index is 289. The third-order valence-corrected chi connectivity index (χ3v) is 2.36. The molecule has 3 heteroatoms. The standard InChI is InChI=1S/C12H20N2O/c1-3-5-10(2)9-15-12-11(8-13)6-4-7-14-12/h4,6-7,10H,3,5,8-9,13H2,1-2H3. The Morgan fingerprint density at radius 2 is 2.33 bits per heavy atom. The fourth-order valence-electron chi connectivity index (χ4n) is 1.51. The molecule has 1 unspecified atom stereocenters. The lowest BCUT2D eigenvalue weighted by Gasteiger charge is -2.13. The van der Waals surface area contributed by atoms with Gasteiger partial charge in [0, 0.05) is 18.3 Å². The highest BCUT2D eigenvalue weighted by Crippen LogP contribution is 2.15. The molecule has 1 atom stereocenters. The highest BCUT2D eigenvalue weighted by molar-refractivity contribution is 5.24. The van der Waals surface area contributed by atoms with Crippen LogP contribution in [-0.4, -0.2) is 11.6 Å². The second-order valence-corrected chi connectivity index (χ2v) is 3.88. The minimum Gasteiger partial charge on any atom is -0.477 e. The van der Waals surface area contributed by atoms with Crippen molar-refractivity contribution in [3.05, 3.63) is 23.9 Å². The van der Waals surface area contributed by atoms with Gasteiger partial charge in [-0.2, -0.15) is 0 Å². The second-order valence-electron chi connectivity index (χ2n) is 3.88. The molecule has 3 nitrogen and oxygen atoms in total. The number of aromatic nitrogens is 1. The highest BCUT2D eigenvalue weighted by atomic mass is 16.5. The van der Waals surface area contributed by atoms with Crippen LogP contribution < -0.4 is 10.5 Å². The van der Waals surface area contributed by atoms with Gasteiger partial charge in [0.2, 0.25) is 5.88 Å². The van der Waals surface area contributed by atoms with Gasteiger partial charge in [-0.1, -0.05) is 26.3 Å². The molecule has 15 heavy (non-hydrogen) atoms. The van der Waals surface area contributed by atoms with Crippen LogP contribution in [0.25, 0.3) is 0 Å². The molecule has 0 saturated heterocycles. The summed E-state index contributed by atoms with van der Waals surface area (Å²) in [5, 5.41) is 0. The molecule has 1 rings (SSSR count). The highest BCUT2D eigenvalue weighted by Gasteiger charge is 2.05. The molecule has 0 fully saturated rings. The minimum absolute atomic E-state index is 0.478. The zero-order chi connectivity index (χ0) is 11.1. The number of rotatable bonds is 6. The molecular formula is C12H20N2O. The maximum atomic E-state index is 5.65. The van der Waals surface area contributed by atoms with E-state index in [1.807, 2.05) is 12.1 Å². The van der Waals surface area contributed by atoms with E-state index in [-0.39, 0.29) is 0 Å². The lowest BCUT2D eigenvalue weighted by atomic mass is 10.1. The lowest BCUT2D eigenvalue weighted by Crippen LogP contribution is -2.11. The maximum absolute atomic E-state index is 5.65. The zero-order valence-corrected chi connectivity index (χ0v) is 9.57. The normalized spacial score (nSPS) is 12.5. The first-order chi connectivity index (χ1) is 7.27. The number of hydrogen-bond donors (Lipinski definition) is 1. The predicted octanol–water partition coefficient (Wildman–Crippen LogP) is 2.36. The van der Waals surface area contributed by atoms with Crippen LogP contribution in [-0.2, 0) is 6.54 Å². The van der Waals surface area contributed by atoms with E-state index in [1.165, 1.54) is 12.8 Å². The number of hydrogen-bond acceptors (Lipinski definition) is 3. The summed E-state index contributed by atoms with van der Waals surface area (Å²) in [5.41, 5.74) is 6.57. The molecule has 0 bridgehead atoms. The van der Waals surface area contributed by atoms with Crippen LogP contribution in [0.4, 0.5) is 0 Å². The van der Waals surface area contributed by atoms with Crippen LogP contribution >= 0.6 is 0 Å². The Morgan fingerprint density at radius 3 is 3.00 bits per heavy atom. The molecule has 0 spiro atoms. The van der Waals surface area contributed by atoms with E-state index < -0.39 is 0 Å². The fourth-order valence-corrected chi connectivity index (χ4v) is 1.51. The monoisotopic (exact) mass is 208 g/mol. The maximum Gasteiger partial charge on any atom is 0.217 e. The van der Waals surface area contributed by atoms with Crippen molar-refractivity contribution in [2.24, 2.45) is 11.7 Å². The third kappa shape index (κ3) is 3.88. The van der Waals surface area contributed by atoms with E-state index >= 15 is 0 Å². The van der Waals surface area contributed by atoms with Crippen molar-refractivity contribution in [3.63, 3.8) is 0 Å². The molecular weight excluding hydrogens is 188 g/mol. The van der Waals surface area contributed by atoms with Crippen LogP contribution in [0.2, 0.25) is 0 Å². The second kappa shape index (κ2) is 6.40. The Morgan fingerprint density at radius 1 is 1.53 bits per heavy atom. The van der Waals surface area contributed by atoms with E-state index in [1.54, 1.807) is 6.20 Å². The summed E-state index contributed by atoms with van der Waals surface area (Å²) in [6, 6.07) is 3.83. The summed E-state index contributed by atoms with van der Waals surface area (Å²) in [7, 11) is 0. The quantitative estimate of drug-likeness (QED) is 0.780. The van der Waals surface area contributed by atoms with Gasteiger partial charge in [0.25, 0.3) is 0 Å². The Labute approximate surface area is 91.7 Å². The van der Waals surface area contributed by atoms with Crippen LogP contribution in [0.5, 0.6) is 5.88 Å². The molecule has 0 radical (unpaired) electrons. The van der Waals surface area contributed by atoms with Crippen molar-refractivity contribution in [1.82, 2.24) is 4.98 Å². The summed E-state index contributed by atoms with van der Waals surface area (Å²) in [4.78, 5) is 4.18. The van der Waals surface area contributed by atoms with Gasteiger partial charge < -0.3 is 10.5 Å². The van der Waals surface area contributed by atoms with Crippen LogP contribution in [0.3, 0.4) is 0 Å². The Kier molecular flexibility index (Phi) is 5.12. The molecule has 0 aliphatic carbocycles. The fraction of sp³-hybridized carbons (Fsp3) is 0.583. The largest absolute Gasteiger partial charge is 0.477 e. The zero-order valence-electron chi connectivity index (χ0n) is 9.57. The smallest absolute Gasteiger partial charge is 0.217 e. The molecule has 1 heterocycles. The van der Waals surface area contributed by atoms with Crippen molar-refractivity contribution in [2.45, 2.75) is 33.2 Å².